The monoisotopic (exact) mass is 559 g/mol. The first-order valence-corrected chi connectivity index (χ1v) is 17.0. The van der Waals surface area contributed by atoms with Gasteiger partial charge in [-0.3, -0.25) is 10.1 Å². The van der Waals surface area contributed by atoms with E-state index in [1.807, 2.05) is 91.0 Å². The largest absolute Gasteiger partial charge is 0.374 e. The van der Waals surface area contributed by atoms with Crippen molar-refractivity contribution < 1.29 is 23.9 Å². The van der Waals surface area contributed by atoms with Crippen molar-refractivity contribution in [3.8, 4) is 11.5 Å². The molecule has 4 rings (SSSR count). The fourth-order valence-electron chi connectivity index (χ4n) is 4.49. The van der Waals surface area contributed by atoms with Gasteiger partial charge < -0.3 is 18.9 Å². The van der Waals surface area contributed by atoms with Crippen molar-refractivity contribution in [2.24, 2.45) is 0 Å². The molecular formula is C32H37NO6Si. The zero-order valence-corrected chi connectivity index (χ0v) is 24.3. The van der Waals surface area contributed by atoms with Crippen molar-refractivity contribution >= 4 is 8.07 Å². The Bertz CT molecular complexity index is 1260. The van der Waals surface area contributed by atoms with E-state index in [4.69, 9.17) is 18.9 Å². The fraction of sp³-hybridized carbons (Fsp3) is 0.375. The van der Waals surface area contributed by atoms with E-state index in [-0.39, 0.29) is 24.7 Å². The molecule has 40 heavy (non-hydrogen) atoms. The summed E-state index contributed by atoms with van der Waals surface area (Å²) in [5.74, 6) is 3.11. The van der Waals surface area contributed by atoms with E-state index in [1.54, 1.807) is 0 Å². The number of nitro groups is 1. The second-order valence-electron chi connectivity index (χ2n) is 10.9. The van der Waals surface area contributed by atoms with Gasteiger partial charge in [0.1, 0.15) is 20.3 Å². The minimum absolute atomic E-state index is 0.176. The summed E-state index contributed by atoms with van der Waals surface area (Å²) in [5.41, 5.74) is 6.16. The Morgan fingerprint density at radius 2 is 1.25 bits per heavy atom. The Kier molecular flexibility index (Phi) is 10.6. The van der Waals surface area contributed by atoms with Crippen molar-refractivity contribution in [2.75, 3.05) is 6.61 Å². The third kappa shape index (κ3) is 8.85. The van der Waals surface area contributed by atoms with Crippen LogP contribution in [0.25, 0.3) is 0 Å². The fourth-order valence-corrected chi connectivity index (χ4v) is 5.07. The Morgan fingerprint density at radius 3 is 1.73 bits per heavy atom. The summed E-state index contributed by atoms with van der Waals surface area (Å²) in [4.78, 5) is 12.2. The lowest BCUT2D eigenvalue weighted by Crippen LogP contribution is -2.62. The van der Waals surface area contributed by atoms with E-state index in [0.717, 1.165) is 16.7 Å². The molecule has 0 bridgehead atoms. The van der Waals surface area contributed by atoms with Crippen LogP contribution in [0.4, 0.5) is 0 Å². The van der Waals surface area contributed by atoms with Crippen molar-refractivity contribution in [1.29, 1.82) is 0 Å². The molecule has 1 aliphatic rings. The molecule has 1 heterocycles. The molecule has 3 aromatic carbocycles. The minimum Gasteiger partial charge on any atom is -0.374 e. The van der Waals surface area contributed by atoms with Crippen molar-refractivity contribution in [3.63, 3.8) is 0 Å². The number of nitrogens with zero attached hydrogens (tertiary/aromatic N) is 1. The summed E-state index contributed by atoms with van der Waals surface area (Å²) in [7, 11) is -1.83. The summed E-state index contributed by atoms with van der Waals surface area (Å²) in [6.45, 7) is 7.30. The first-order valence-electron chi connectivity index (χ1n) is 13.5. The minimum atomic E-state index is -1.83. The quantitative estimate of drug-likeness (QED) is 0.130. The van der Waals surface area contributed by atoms with E-state index < -0.39 is 38.5 Å². The Labute approximate surface area is 237 Å². The van der Waals surface area contributed by atoms with Crippen LogP contribution in [0.3, 0.4) is 0 Å². The molecule has 0 amide bonds. The maximum atomic E-state index is 12.5. The van der Waals surface area contributed by atoms with E-state index in [9.17, 15) is 10.1 Å². The second kappa shape index (κ2) is 14.4. The zero-order valence-electron chi connectivity index (χ0n) is 23.3. The highest BCUT2D eigenvalue weighted by Gasteiger charge is 2.53. The van der Waals surface area contributed by atoms with Gasteiger partial charge >= 0.3 is 0 Å². The molecule has 7 nitrogen and oxygen atoms in total. The number of rotatable bonds is 11. The SMILES string of the molecule is C[Si](C)(C)C#C[C@@H]1O[C@H](COCc2ccccc2)[C@H](OCc2ccccc2)[C@H](OCc2ccccc2)[C@H]1[N+](=O)[O-]. The highest BCUT2D eigenvalue weighted by Crippen LogP contribution is 2.30. The lowest BCUT2D eigenvalue weighted by molar-refractivity contribution is -0.557. The molecule has 3 aromatic rings. The summed E-state index contributed by atoms with van der Waals surface area (Å²) in [6.07, 6.45) is -3.23. The molecule has 1 aliphatic heterocycles. The molecule has 210 valence electrons. The molecule has 5 atom stereocenters. The van der Waals surface area contributed by atoms with Gasteiger partial charge in [-0.25, -0.2) is 0 Å². The van der Waals surface area contributed by atoms with Crippen molar-refractivity contribution in [3.05, 3.63) is 118 Å². The number of ether oxygens (including phenoxy) is 4. The predicted octanol–water partition coefficient (Wildman–Crippen LogP) is 5.67. The molecule has 0 radical (unpaired) electrons. The first kappa shape index (κ1) is 29.7. The molecule has 0 aliphatic carbocycles. The highest BCUT2D eigenvalue weighted by molar-refractivity contribution is 6.83. The summed E-state index contributed by atoms with van der Waals surface area (Å²) in [6, 6.07) is 28.0. The standard InChI is InChI=1S/C32H37NO6Si/c1-40(2,3)20-19-28-30(33(34)35)32(38-23-27-17-11-6-12-18-27)31(37-22-26-15-9-5-10-16-26)29(39-28)24-36-21-25-13-7-4-8-14-25/h4-18,28-32H,21-24H2,1-3H3/t28-,29+,30-,31-,32+/m0/s1. The molecule has 0 spiro atoms. The summed E-state index contributed by atoms with van der Waals surface area (Å²) >= 11 is 0. The van der Waals surface area contributed by atoms with Gasteiger partial charge in [0.2, 0.25) is 0 Å². The normalized spacial score (nSPS) is 22.7. The van der Waals surface area contributed by atoms with E-state index in [2.05, 4.69) is 31.1 Å². The molecule has 0 aromatic heterocycles. The van der Waals surface area contributed by atoms with Gasteiger partial charge in [-0.1, -0.05) is 117 Å². The predicted molar refractivity (Wildman–Crippen MR) is 157 cm³/mol. The van der Waals surface area contributed by atoms with E-state index in [1.165, 1.54) is 0 Å². The van der Waals surface area contributed by atoms with Crippen LogP contribution in [0.15, 0.2) is 91.0 Å². The van der Waals surface area contributed by atoms with Crippen LogP contribution in [0, 0.1) is 21.6 Å². The van der Waals surface area contributed by atoms with Gasteiger partial charge in [-0.15, -0.1) is 5.54 Å². The molecule has 1 fully saturated rings. The average molecular weight is 560 g/mol. The number of benzene rings is 3. The van der Waals surface area contributed by atoms with Gasteiger partial charge in [0.25, 0.3) is 6.04 Å². The number of hydrogen-bond acceptors (Lipinski definition) is 6. The first-order chi connectivity index (χ1) is 19.3. The Morgan fingerprint density at radius 1 is 0.775 bits per heavy atom. The van der Waals surface area contributed by atoms with Gasteiger partial charge in [0.05, 0.1) is 26.4 Å². The topological polar surface area (TPSA) is 80.1 Å². The van der Waals surface area contributed by atoms with Crippen LogP contribution in [-0.4, -0.2) is 50.1 Å². The highest BCUT2D eigenvalue weighted by atomic mass is 28.3. The maximum Gasteiger partial charge on any atom is 0.278 e. The van der Waals surface area contributed by atoms with Crippen LogP contribution in [0.2, 0.25) is 19.6 Å². The lowest BCUT2D eigenvalue weighted by atomic mass is 9.92. The molecule has 0 saturated carbocycles. The molecule has 8 heteroatoms. The molecule has 0 N–H and O–H groups in total. The average Bonchev–Trinajstić information content (AvgIpc) is 2.95. The number of hydrogen-bond donors (Lipinski definition) is 0. The summed E-state index contributed by atoms with van der Waals surface area (Å²) < 4.78 is 25.2. The summed E-state index contributed by atoms with van der Waals surface area (Å²) in [5, 5.41) is 12.5. The van der Waals surface area contributed by atoms with Crippen LogP contribution in [0.5, 0.6) is 0 Å². The van der Waals surface area contributed by atoms with Gasteiger partial charge in [-0.05, 0) is 16.7 Å². The maximum absolute atomic E-state index is 12.5. The Balaban J connectivity index is 1.64. The van der Waals surface area contributed by atoms with Crippen LogP contribution in [-0.2, 0) is 38.8 Å². The van der Waals surface area contributed by atoms with Crippen molar-refractivity contribution in [2.45, 2.75) is 69.9 Å². The van der Waals surface area contributed by atoms with Crippen molar-refractivity contribution in [1.82, 2.24) is 0 Å². The van der Waals surface area contributed by atoms with Crippen LogP contribution in [0.1, 0.15) is 16.7 Å². The van der Waals surface area contributed by atoms with E-state index in [0.29, 0.717) is 6.61 Å². The van der Waals surface area contributed by atoms with Gasteiger partial charge in [0.15, 0.2) is 12.2 Å². The lowest BCUT2D eigenvalue weighted by Gasteiger charge is -2.41. The molecule has 0 unspecified atom stereocenters. The third-order valence-corrected chi connectivity index (χ3v) is 7.35. The zero-order chi connectivity index (χ0) is 28.4. The molecular weight excluding hydrogens is 522 g/mol. The van der Waals surface area contributed by atoms with E-state index >= 15 is 0 Å². The van der Waals surface area contributed by atoms with Crippen LogP contribution < -0.4 is 0 Å². The molecule has 1 saturated heterocycles. The smallest absolute Gasteiger partial charge is 0.278 e. The Hall–Kier alpha value is -3.32. The van der Waals surface area contributed by atoms with Crippen LogP contribution >= 0.6 is 0 Å². The third-order valence-electron chi connectivity index (χ3n) is 6.46. The van der Waals surface area contributed by atoms with Gasteiger partial charge in [-0.2, -0.15) is 0 Å². The van der Waals surface area contributed by atoms with Gasteiger partial charge in [0, 0.05) is 4.92 Å². The second-order valence-corrected chi connectivity index (χ2v) is 15.7.